The average molecular weight is 368 g/mol. The fraction of sp³-hybridized carbons (Fsp3) is 0.333. The largest absolute Gasteiger partial charge is 0.497 e. The summed E-state index contributed by atoms with van der Waals surface area (Å²) < 4.78 is 10.5. The van der Waals surface area contributed by atoms with Gasteiger partial charge in [-0.15, -0.1) is 0 Å². The third-order valence-electron chi connectivity index (χ3n) is 4.58. The van der Waals surface area contributed by atoms with Crippen LogP contribution in [0, 0.1) is 5.92 Å². The third-order valence-corrected chi connectivity index (χ3v) is 4.58. The molecule has 1 unspecified atom stereocenters. The molecule has 1 aliphatic rings. The maximum atomic E-state index is 12.5. The summed E-state index contributed by atoms with van der Waals surface area (Å²) in [5.74, 6) is 1.05. The van der Waals surface area contributed by atoms with Crippen molar-refractivity contribution in [2.45, 2.75) is 19.9 Å². The van der Waals surface area contributed by atoms with E-state index in [4.69, 9.17) is 9.47 Å². The number of nitrogens with one attached hydrogen (secondary N) is 1. The molecule has 1 atom stereocenters. The Labute approximate surface area is 159 Å². The summed E-state index contributed by atoms with van der Waals surface area (Å²) in [5, 5.41) is 2.92. The lowest BCUT2D eigenvalue weighted by Gasteiger charge is -2.17. The van der Waals surface area contributed by atoms with E-state index in [0.29, 0.717) is 19.7 Å². The third kappa shape index (κ3) is 4.58. The van der Waals surface area contributed by atoms with Gasteiger partial charge in [-0.2, -0.15) is 0 Å². The summed E-state index contributed by atoms with van der Waals surface area (Å²) in [6.07, 6.45) is 0.223. The molecule has 6 heteroatoms. The minimum absolute atomic E-state index is 0.0404. The fourth-order valence-electron chi connectivity index (χ4n) is 3.10. The summed E-state index contributed by atoms with van der Waals surface area (Å²) in [6.45, 7) is 3.38. The van der Waals surface area contributed by atoms with Gasteiger partial charge in [0.1, 0.15) is 11.5 Å². The molecular weight excluding hydrogens is 344 g/mol. The lowest BCUT2D eigenvalue weighted by atomic mass is 10.1. The molecule has 3 rings (SSSR count). The standard InChI is InChI=1S/C21H24N2O4/c1-3-27-19-8-4-15(5-9-19)13-22-21(25)16-12-20(24)23(14-16)17-6-10-18(26-2)11-7-17/h4-11,16H,3,12-14H2,1-2H3,(H,22,25). The van der Waals surface area contributed by atoms with Crippen LogP contribution < -0.4 is 19.7 Å². The summed E-state index contributed by atoms with van der Waals surface area (Å²) >= 11 is 0. The zero-order valence-corrected chi connectivity index (χ0v) is 15.6. The predicted octanol–water partition coefficient (Wildman–Crippen LogP) is 2.76. The first-order valence-electron chi connectivity index (χ1n) is 9.04. The lowest BCUT2D eigenvalue weighted by molar-refractivity contribution is -0.126. The molecule has 1 N–H and O–H groups in total. The minimum Gasteiger partial charge on any atom is -0.497 e. The zero-order valence-electron chi connectivity index (χ0n) is 15.6. The molecule has 0 spiro atoms. The molecule has 6 nitrogen and oxygen atoms in total. The van der Waals surface area contributed by atoms with Gasteiger partial charge in [0.15, 0.2) is 0 Å². The summed E-state index contributed by atoms with van der Waals surface area (Å²) in [5.41, 5.74) is 1.77. The van der Waals surface area contributed by atoms with Crippen molar-refractivity contribution in [1.29, 1.82) is 0 Å². The molecule has 2 aromatic rings. The van der Waals surface area contributed by atoms with Crippen LogP contribution in [0.4, 0.5) is 5.69 Å². The molecule has 1 aliphatic heterocycles. The molecule has 0 radical (unpaired) electrons. The van der Waals surface area contributed by atoms with Gasteiger partial charge < -0.3 is 19.7 Å². The molecule has 27 heavy (non-hydrogen) atoms. The van der Waals surface area contributed by atoms with Crippen molar-refractivity contribution in [3.63, 3.8) is 0 Å². The molecule has 1 saturated heterocycles. The quantitative estimate of drug-likeness (QED) is 0.816. The van der Waals surface area contributed by atoms with Crippen LogP contribution in [0.1, 0.15) is 18.9 Å². The molecule has 2 aromatic carbocycles. The van der Waals surface area contributed by atoms with Crippen LogP contribution in [-0.4, -0.2) is 32.1 Å². The molecular formula is C21H24N2O4. The molecule has 142 valence electrons. The van der Waals surface area contributed by atoms with Crippen LogP contribution >= 0.6 is 0 Å². The van der Waals surface area contributed by atoms with Gasteiger partial charge in [-0.3, -0.25) is 9.59 Å². The Balaban J connectivity index is 1.55. The van der Waals surface area contributed by atoms with Gasteiger partial charge in [-0.05, 0) is 48.9 Å². The van der Waals surface area contributed by atoms with Gasteiger partial charge in [0.05, 0.1) is 19.6 Å². The van der Waals surface area contributed by atoms with Crippen molar-refractivity contribution < 1.29 is 19.1 Å². The van der Waals surface area contributed by atoms with E-state index in [1.807, 2.05) is 55.5 Å². The van der Waals surface area contributed by atoms with E-state index < -0.39 is 0 Å². The second-order valence-corrected chi connectivity index (χ2v) is 6.40. The second kappa shape index (κ2) is 8.58. The number of benzene rings is 2. The van der Waals surface area contributed by atoms with Crippen LogP contribution in [0.3, 0.4) is 0 Å². The molecule has 0 saturated carbocycles. The highest BCUT2D eigenvalue weighted by Gasteiger charge is 2.34. The van der Waals surface area contributed by atoms with E-state index in [-0.39, 0.29) is 24.2 Å². The van der Waals surface area contributed by atoms with E-state index in [9.17, 15) is 9.59 Å². The Kier molecular flexibility index (Phi) is 5.96. The zero-order chi connectivity index (χ0) is 19.2. The molecule has 1 heterocycles. The van der Waals surface area contributed by atoms with Crippen LogP contribution in [0.5, 0.6) is 11.5 Å². The highest BCUT2D eigenvalue weighted by Crippen LogP contribution is 2.27. The van der Waals surface area contributed by atoms with Crippen molar-refractivity contribution in [2.75, 3.05) is 25.2 Å². The van der Waals surface area contributed by atoms with Crippen molar-refractivity contribution in [2.24, 2.45) is 5.92 Å². The van der Waals surface area contributed by atoms with Crippen LogP contribution in [0.2, 0.25) is 0 Å². The smallest absolute Gasteiger partial charge is 0.227 e. The molecule has 0 bridgehead atoms. The Morgan fingerprint density at radius 3 is 2.41 bits per heavy atom. The molecule has 0 aliphatic carbocycles. The van der Waals surface area contributed by atoms with Gasteiger partial charge in [0.25, 0.3) is 0 Å². The molecule has 1 fully saturated rings. The Bertz CT molecular complexity index is 787. The summed E-state index contributed by atoms with van der Waals surface area (Å²) in [4.78, 5) is 26.4. The maximum Gasteiger partial charge on any atom is 0.227 e. The first-order chi connectivity index (χ1) is 13.1. The highest BCUT2D eigenvalue weighted by molar-refractivity contribution is 6.00. The van der Waals surface area contributed by atoms with E-state index in [2.05, 4.69) is 5.32 Å². The predicted molar refractivity (Wildman–Crippen MR) is 103 cm³/mol. The van der Waals surface area contributed by atoms with E-state index in [1.54, 1.807) is 12.0 Å². The van der Waals surface area contributed by atoms with Crippen LogP contribution in [0.15, 0.2) is 48.5 Å². The van der Waals surface area contributed by atoms with Crippen LogP contribution in [-0.2, 0) is 16.1 Å². The van der Waals surface area contributed by atoms with Gasteiger partial charge in [0, 0.05) is 25.2 Å². The lowest BCUT2D eigenvalue weighted by Crippen LogP contribution is -2.32. The average Bonchev–Trinajstić information content (AvgIpc) is 3.09. The SMILES string of the molecule is CCOc1ccc(CNC(=O)C2CC(=O)N(c3ccc(OC)cc3)C2)cc1. The monoisotopic (exact) mass is 368 g/mol. The second-order valence-electron chi connectivity index (χ2n) is 6.40. The fourth-order valence-corrected chi connectivity index (χ4v) is 3.10. The molecule has 0 aromatic heterocycles. The van der Waals surface area contributed by atoms with Crippen molar-refractivity contribution in [3.05, 3.63) is 54.1 Å². The summed E-state index contributed by atoms with van der Waals surface area (Å²) in [7, 11) is 1.60. The number of ether oxygens (including phenoxy) is 2. The summed E-state index contributed by atoms with van der Waals surface area (Å²) in [6, 6.07) is 14.9. The van der Waals surface area contributed by atoms with Crippen molar-refractivity contribution in [3.8, 4) is 11.5 Å². The van der Waals surface area contributed by atoms with Gasteiger partial charge in [-0.1, -0.05) is 12.1 Å². The van der Waals surface area contributed by atoms with Gasteiger partial charge >= 0.3 is 0 Å². The van der Waals surface area contributed by atoms with Crippen molar-refractivity contribution in [1.82, 2.24) is 5.32 Å². The number of anilines is 1. The maximum absolute atomic E-state index is 12.5. The minimum atomic E-state index is -0.345. The number of carbonyl (C=O) groups excluding carboxylic acids is 2. The molecule has 2 amide bonds. The number of hydrogen-bond donors (Lipinski definition) is 1. The van der Waals surface area contributed by atoms with E-state index in [0.717, 1.165) is 22.7 Å². The number of hydrogen-bond acceptors (Lipinski definition) is 4. The Hall–Kier alpha value is -3.02. The number of carbonyl (C=O) groups is 2. The van der Waals surface area contributed by atoms with Crippen LogP contribution in [0.25, 0.3) is 0 Å². The van der Waals surface area contributed by atoms with Gasteiger partial charge in [-0.25, -0.2) is 0 Å². The highest BCUT2D eigenvalue weighted by atomic mass is 16.5. The normalized spacial score (nSPS) is 16.3. The van der Waals surface area contributed by atoms with E-state index in [1.165, 1.54) is 0 Å². The number of rotatable bonds is 7. The van der Waals surface area contributed by atoms with Gasteiger partial charge in [0.2, 0.25) is 11.8 Å². The first kappa shape index (κ1) is 18.8. The number of methoxy groups -OCH3 is 1. The number of amides is 2. The first-order valence-corrected chi connectivity index (χ1v) is 9.04. The van der Waals surface area contributed by atoms with Crippen molar-refractivity contribution >= 4 is 17.5 Å². The Morgan fingerprint density at radius 2 is 1.78 bits per heavy atom. The number of nitrogens with zero attached hydrogens (tertiary/aromatic N) is 1. The Morgan fingerprint density at radius 1 is 1.11 bits per heavy atom. The topological polar surface area (TPSA) is 67.9 Å². The van der Waals surface area contributed by atoms with E-state index >= 15 is 0 Å².